The number of aromatic hydroxyl groups is 1. The second-order valence-corrected chi connectivity index (χ2v) is 9.42. The number of ketones is 1. The van der Waals surface area contributed by atoms with Crippen LogP contribution in [-0.2, 0) is 14.3 Å². The molecule has 0 saturated carbocycles. The van der Waals surface area contributed by atoms with Gasteiger partial charge in [-0.1, -0.05) is 11.3 Å². The number of hydrogen-bond acceptors (Lipinski definition) is 10. The Morgan fingerprint density at radius 3 is 2.58 bits per heavy atom. The molecule has 3 heterocycles. The predicted octanol–water partition coefficient (Wildman–Crippen LogP) is 4.13. The maximum atomic E-state index is 13.3. The molecule has 186 valence electrons. The number of aliphatic hydroxyl groups is 1. The molecular formula is C24H20BrN3O7S. The molecule has 2 N–H and O–H groups in total. The van der Waals surface area contributed by atoms with Gasteiger partial charge in [0, 0.05) is 18.0 Å². The van der Waals surface area contributed by atoms with E-state index in [1.54, 1.807) is 13.8 Å². The Morgan fingerprint density at radius 1 is 1.25 bits per heavy atom. The molecule has 1 amide bonds. The molecule has 12 heteroatoms. The van der Waals surface area contributed by atoms with Crippen molar-refractivity contribution >= 4 is 55.8 Å². The lowest BCUT2D eigenvalue weighted by atomic mass is 9.95. The fourth-order valence-electron chi connectivity index (χ4n) is 3.79. The minimum Gasteiger partial charge on any atom is -0.507 e. The van der Waals surface area contributed by atoms with Crippen molar-refractivity contribution in [2.45, 2.75) is 19.9 Å². The zero-order valence-corrected chi connectivity index (χ0v) is 21.7. The van der Waals surface area contributed by atoms with Gasteiger partial charge in [0.1, 0.15) is 10.6 Å². The average Bonchev–Trinajstić information content (AvgIpc) is 3.37. The molecule has 0 radical (unpaired) electrons. The van der Waals surface area contributed by atoms with Crippen LogP contribution in [0.3, 0.4) is 0 Å². The van der Waals surface area contributed by atoms with Crippen molar-refractivity contribution < 1.29 is 34.1 Å². The Bertz CT molecular complexity index is 1400. The summed E-state index contributed by atoms with van der Waals surface area (Å²) in [6.07, 6.45) is 2.88. The van der Waals surface area contributed by atoms with Crippen LogP contribution in [-0.4, -0.2) is 51.6 Å². The molecule has 1 fully saturated rings. The number of ether oxygens (including phenoxy) is 2. The molecular weight excluding hydrogens is 554 g/mol. The van der Waals surface area contributed by atoms with E-state index in [-0.39, 0.29) is 43.7 Å². The second kappa shape index (κ2) is 10.1. The molecule has 1 aliphatic rings. The first-order valence-corrected chi connectivity index (χ1v) is 12.2. The fraction of sp³-hybridized carbons (Fsp3) is 0.208. The van der Waals surface area contributed by atoms with Crippen LogP contribution in [0.4, 0.5) is 5.13 Å². The zero-order valence-electron chi connectivity index (χ0n) is 19.3. The number of benzene rings is 1. The molecule has 1 saturated heterocycles. The van der Waals surface area contributed by atoms with E-state index < -0.39 is 29.5 Å². The number of thiazole rings is 1. The number of rotatable bonds is 6. The van der Waals surface area contributed by atoms with Crippen LogP contribution in [0.25, 0.3) is 5.76 Å². The number of esters is 1. The maximum Gasteiger partial charge on any atom is 0.350 e. The van der Waals surface area contributed by atoms with Crippen LogP contribution in [0.15, 0.2) is 46.7 Å². The Kier molecular flexibility index (Phi) is 7.09. The van der Waals surface area contributed by atoms with Gasteiger partial charge in [0.15, 0.2) is 16.6 Å². The lowest BCUT2D eigenvalue weighted by Gasteiger charge is -2.24. The molecule has 2 aromatic heterocycles. The largest absolute Gasteiger partial charge is 0.507 e. The summed E-state index contributed by atoms with van der Waals surface area (Å²) in [6, 6.07) is 4.81. The van der Waals surface area contributed by atoms with Gasteiger partial charge in [-0.05, 0) is 59.6 Å². The van der Waals surface area contributed by atoms with Gasteiger partial charge in [0.25, 0.3) is 5.78 Å². The summed E-state index contributed by atoms with van der Waals surface area (Å²) < 4.78 is 10.6. The topological polar surface area (TPSA) is 139 Å². The van der Waals surface area contributed by atoms with Crippen molar-refractivity contribution in [1.29, 1.82) is 0 Å². The third kappa shape index (κ3) is 4.33. The van der Waals surface area contributed by atoms with Gasteiger partial charge in [-0.15, -0.1) is 0 Å². The summed E-state index contributed by atoms with van der Waals surface area (Å²) in [7, 11) is 1.36. The van der Waals surface area contributed by atoms with E-state index in [4.69, 9.17) is 9.47 Å². The first kappa shape index (κ1) is 25.3. The van der Waals surface area contributed by atoms with Crippen LogP contribution in [0.1, 0.15) is 39.5 Å². The standard InChI is InChI=1S/C24H20BrN3O7S/c1-4-35-23(33)21-11(2)27-24(36-21)28-17(13-9-14(25)19(30)15(10-13)34-3)16(20(31)22(28)32)18(29)12-5-7-26-8-6-12/h5-10,17,29-30H,4H2,1-3H3/b18-16+. The van der Waals surface area contributed by atoms with Crippen LogP contribution < -0.4 is 9.64 Å². The van der Waals surface area contributed by atoms with Gasteiger partial charge in [0.05, 0.1) is 35.5 Å². The Balaban J connectivity index is 1.97. The smallest absolute Gasteiger partial charge is 0.350 e. The number of aryl methyl sites for hydroxylation is 1. The van der Waals surface area contributed by atoms with E-state index in [0.717, 1.165) is 16.2 Å². The quantitative estimate of drug-likeness (QED) is 0.193. The van der Waals surface area contributed by atoms with Crippen molar-refractivity contribution in [2.24, 2.45) is 0 Å². The number of anilines is 1. The van der Waals surface area contributed by atoms with Crippen molar-refractivity contribution in [2.75, 3.05) is 18.6 Å². The fourth-order valence-corrected chi connectivity index (χ4v) is 5.24. The summed E-state index contributed by atoms with van der Waals surface area (Å²) in [5.74, 6) is -2.99. The number of pyridine rings is 1. The molecule has 4 rings (SSSR count). The molecule has 36 heavy (non-hydrogen) atoms. The number of methoxy groups -OCH3 is 1. The Hall–Kier alpha value is -3.77. The molecule has 3 aromatic rings. The first-order valence-electron chi connectivity index (χ1n) is 10.6. The van der Waals surface area contributed by atoms with E-state index in [9.17, 15) is 24.6 Å². The maximum absolute atomic E-state index is 13.3. The predicted molar refractivity (Wildman–Crippen MR) is 134 cm³/mol. The van der Waals surface area contributed by atoms with Gasteiger partial charge in [-0.3, -0.25) is 19.5 Å². The number of carbonyl (C=O) groups is 3. The van der Waals surface area contributed by atoms with Gasteiger partial charge in [-0.2, -0.15) is 0 Å². The van der Waals surface area contributed by atoms with Crippen LogP contribution in [0.2, 0.25) is 0 Å². The summed E-state index contributed by atoms with van der Waals surface area (Å²) in [5.41, 5.74) is 0.751. The molecule has 0 bridgehead atoms. The molecule has 0 spiro atoms. The Labute approximate surface area is 218 Å². The summed E-state index contributed by atoms with van der Waals surface area (Å²) in [4.78, 5) is 48.6. The molecule has 0 aliphatic carbocycles. The summed E-state index contributed by atoms with van der Waals surface area (Å²) in [5, 5.41) is 21.5. The third-order valence-electron chi connectivity index (χ3n) is 5.44. The highest BCUT2D eigenvalue weighted by Crippen LogP contribution is 2.47. The van der Waals surface area contributed by atoms with Crippen LogP contribution in [0.5, 0.6) is 11.5 Å². The number of phenols is 1. The molecule has 1 unspecified atom stereocenters. The lowest BCUT2D eigenvalue weighted by Crippen LogP contribution is -2.29. The highest BCUT2D eigenvalue weighted by Gasteiger charge is 2.48. The van der Waals surface area contributed by atoms with Crippen molar-refractivity contribution in [1.82, 2.24) is 9.97 Å². The SMILES string of the molecule is CCOC(=O)c1sc(N2C(=O)C(=O)/C(=C(/O)c3ccncc3)C2c2cc(Br)c(O)c(OC)c2)nc1C. The average molecular weight is 574 g/mol. The normalized spacial score (nSPS) is 16.9. The van der Waals surface area contributed by atoms with Crippen molar-refractivity contribution in [3.8, 4) is 11.5 Å². The number of phenolic OH excluding ortho intramolecular Hbond substituents is 1. The number of carbonyl (C=O) groups excluding carboxylic acids is 3. The first-order chi connectivity index (χ1) is 17.2. The van der Waals surface area contributed by atoms with E-state index in [1.165, 1.54) is 43.8 Å². The number of aliphatic hydroxyl groups excluding tert-OH is 1. The molecule has 1 aromatic carbocycles. The lowest BCUT2D eigenvalue weighted by molar-refractivity contribution is -0.132. The number of Topliss-reactive ketones (excluding diaryl/α,β-unsaturated/α-hetero) is 1. The van der Waals surface area contributed by atoms with Gasteiger partial charge in [0.2, 0.25) is 0 Å². The molecule has 1 aliphatic heterocycles. The summed E-state index contributed by atoms with van der Waals surface area (Å²) >= 11 is 4.16. The highest BCUT2D eigenvalue weighted by molar-refractivity contribution is 9.10. The van der Waals surface area contributed by atoms with Gasteiger partial charge in [-0.25, -0.2) is 9.78 Å². The van der Waals surface area contributed by atoms with Gasteiger partial charge < -0.3 is 19.7 Å². The number of nitrogens with zero attached hydrogens (tertiary/aromatic N) is 3. The number of hydrogen-bond donors (Lipinski definition) is 2. The molecule has 10 nitrogen and oxygen atoms in total. The van der Waals surface area contributed by atoms with Gasteiger partial charge >= 0.3 is 11.9 Å². The van der Waals surface area contributed by atoms with E-state index in [0.29, 0.717) is 11.3 Å². The molecule has 1 atom stereocenters. The highest BCUT2D eigenvalue weighted by atomic mass is 79.9. The van der Waals surface area contributed by atoms with Crippen molar-refractivity contribution in [3.05, 3.63) is 68.4 Å². The number of amides is 1. The summed E-state index contributed by atoms with van der Waals surface area (Å²) in [6.45, 7) is 3.42. The van der Waals surface area contributed by atoms with Crippen LogP contribution >= 0.6 is 27.3 Å². The zero-order chi connectivity index (χ0) is 26.1. The third-order valence-corrected chi connectivity index (χ3v) is 7.18. The van der Waals surface area contributed by atoms with E-state index in [2.05, 4.69) is 25.9 Å². The van der Waals surface area contributed by atoms with Crippen molar-refractivity contribution in [3.63, 3.8) is 0 Å². The van der Waals surface area contributed by atoms with E-state index >= 15 is 0 Å². The monoisotopic (exact) mass is 573 g/mol. The minimum absolute atomic E-state index is 0.0691. The second-order valence-electron chi connectivity index (χ2n) is 7.59. The Morgan fingerprint density at radius 2 is 1.94 bits per heavy atom. The minimum atomic E-state index is -1.15. The number of aromatic nitrogens is 2. The van der Waals surface area contributed by atoms with Crippen LogP contribution in [0, 0.1) is 6.92 Å². The van der Waals surface area contributed by atoms with E-state index in [1.807, 2.05) is 0 Å². The number of halogens is 1.